The molecule has 0 radical (unpaired) electrons. The van der Waals surface area contributed by atoms with E-state index in [9.17, 15) is 18.0 Å². The van der Waals surface area contributed by atoms with E-state index in [0.717, 1.165) is 36.4 Å². The molecule has 1 unspecified atom stereocenters. The first-order valence-electron chi connectivity index (χ1n) is 16.2. The third-order valence-electron chi connectivity index (χ3n) is 9.15. The standard InChI is InChI=1S/C37H36ClN3O8S/c1-40(36(44)49-29-16-10-5-11-17-29)37(24-25-12-6-3-7-13-25)30-22-26(38)18-20-31(30)41(34(37)42)50(45,46)33-21-19-27(23-32(33)47-2)39-35(43)48-28-14-8-4-9-15-28/h4-5,8-11,14-23,25H,3,6-7,12-13,24H2,1-2H3,(H,39,43). The smallest absolute Gasteiger partial charge is 0.417 e. The highest BCUT2D eigenvalue weighted by molar-refractivity contribution is 7.93. The second kappa shape index (κ2) is 14.4. The number of hydrogen-bond donors (Lipinski definition) is 1. The zero-order valence-electron chi connectivity index (χ0n) is 27.5. The number of ether oxygens (including phenoxy) is 3. The summed E-state index contributed by atoms with van der Waals surface area (Å²) in [4.78, 5) is 42.3. The molecule has 4 aromatic rings. The highest BCUT2D eigenvalue weighted by atomic mass is 35.5. The molecule has 11 nitrogen and oxygen atoms in total. The molecule has 1 N–H and O–H groups in total. The lowest BCUT2D eigenvalue weighted by molar-refractivity contribution is -0.128. The Balaban J connectivity index is 1.40. The summed E-state index contributed by atoms with van der Waals surface area (Å²) in [6.45, 7) is 0. The maximum atomic E-state index is 15.0. The number of fused-ring (bicyclic) bond motifs is 1. The monoisotopic (exact) mass is 717 g/mol. The van der Waals surface area contributed by atoms with E-state index in [0.29, 0.717) is 5.75 Å². The van der Waals surface area contributed by atoms with Crippen LogP contribution in [0.15, 0.2) is 102 Å². The summed E-state index contributed by atoms with van der Waals surface area (Å²) in [6, 6.07) is 25.3. The molecule has 1 atom stereocenters. The number of rotatable bonds is 9. The van der Waals surface area contributed by atoms with Crippen LogP contribution < -0.4 is 23.8 Å². The highest BCUT2D eigenvalue weighted by Crippen LogP contribution is 2.52. The quantitative estimate of drug-likeness (QED) is 0.184. The van der Waals surface area contributed by atoms with Crippen LogP contribution in [0.25, 0.3) is 0 Å². The van der Waals surface area contributed by atoms with Gasteiger partial charge in [-0.3, -0.25) is 15.0 Å². The summed E-state index contributed by atoms with van der Waals surface area (Å²) in [6.07, 6.45) is 3.12. The number of amides is 3. The fraction of sp³-hybridized carbons (Fsp3) is 0.270. The fourth-order valence-corrected chi connectivity index (χ4v) is 8.52. The van der Waals surface area contributed by atoms with Gasteiger partial charge in [-0.05, 0) is 66.9 Å². The van der Waals surface area contributed by atoms with Crippen molar-refractivity contribution in [2.75, 3.05) is 23.8 Å². The van der Waals surface area contributed by atoms with Crippen LogP contribution in [0.4, 0.5) is 21.0 Å². The predicted molar refractivity (Wildman–Crippen MR) is 188 cm³/mol. The number of benzene rings is 4. The Labute approximate surface area is 295 Å². The number of para-hydroxylation sites is 2. The van der Waals surface area contributed by atoms with Crippen LogP contribution in [-0.4, -0.2) is 45.6 Å². The molecule has 0 spiro atoms. The van der Waals surface area contributed by atoms with E-state index in [1.54, 1.807) is 66.7 Å². The molecule has 0 bridgehead atoms. The Morgan fingerprint density at radius 1 is 0.900 bits per heavy atom. The molecule has 1 aliphatic heterocycles. The third-order valence-corrected chi connectivity index (χ3v) is 11.1. The predicted octanol–water partition coefficient (Wildman–Crippen LogP) is 7.99. The Bertz CT molecular complexity index is 2010. The van der Waals surface area contributed by atoms with E-state index in [1.165, 1.54) is 49.4 Å². The van der Waals surface area contributed by atoms with Crippen LogP contribution in [0.3, 0.4) is 0 Å². The second-order valence-corrected chi connectivity index (χ2v) is 14.4. The average Bonchev–Trinajstić information content (AvgIpc) is 3.36. The van der Waals surface area contributed by atoms with Gasteiger partial charge in [0.25, 0.3) is 15.9 Å². The first kappa shape index (κ1) is 34.8. The number of nitrogens with zero attached hydrogens (tertiary/aromatic N) is 2. The number of anilines is 2. The van der Waals surface area contributed by atoms with Gasteiger partial charge >= 0.3 is 12.2 Å². The number of nitrogens with one attached hydrogen (secondary N) is 1. The number of methoxy groups -OCH3 is 1. The summed E-state index contributed by atoms with van der Waals surface area (Å²) in [5.41, 5.74) is -1.24. The number of likely N-dealkylation sites (N-methyl/N-ethyl adjacent to an activating group) is 1. The number of carbonyl (C=O) groups is 3. The second-order valence-electron chi connectivity index (χ2n) is 12.2. The van der Waals surface area contributed by atoms with Gasteiger partial charge in [-0.2, -0.15) is 4.31 Å². The van der Waals surface area contributed by atoms with Crippen molar-refractivity contribution in [1.82, 2.24) is 4.90 Å². The largest absolute Gasteiger partial charge is 0.495 e. The van der Waals surface area contributed by atoms with Crippen molar-refractivity contribution in [3.63, 3.8) is 0 Å². The molecule has 1 heterocycles. The summed E-state index contributed by atoms with van der Waals surface area (Å²) in [5.74, 6) is -0.373. The Kier molecular flexibility index (Phi) is 10.0. The number of halogens is 1. The lowest BCUT2D eigenvalue weighted by Gasteiger charge is -2.40. The zero-order chi connectivity index (χ0) is 35.5. The zero-order valence-corrected chi connectivity index (χ0v) is 29.1. The Morgan fingerprint density at radius 3 is 2.18 bits per heavy atom. The lowest BCUT2D eigenvalue weighted by Crippen LogP contribution is -2.56. The van der Waals surface area contributed by atoms with Gasteiger partial charge in [-0.1, -0.05) is 80.1 Å². The van der Waals surface area contributed by atoms with Crippen molar-refractivity contribution < 1.29 is 37.0 Å². The lowest BCUT2D eigenvalue weighted by atomic mass is 9.76. The number of sulfonamides is 1. The molecule has 0 saturated heterocycles. The Morgan fingerprint density at radius 2 is 1.54 bits per heavy atom. The number of hydrogen-bond acceptors (Lipinski definition) is 8. The van der Waals surface area contributed by atoms with Crippen molar-refractivity contribution in [1.29, 1.82) is 0 Å². The van der Waals surface area contributed by atoms with E-state index >= 15 is 4.79 Å². The summed E-state index contributed by atoms with van der Waals surface area (Å²) in [5, 5.41) is 2.83. The molecule has 2 aliphatic rings. The van der Waals surface area contributed by atoms with E-state index < -0.39 is 33.7 Å². The van der Waals surface area contributed by atoms with Gasteiger partial charge < -0.3 is 14.2 Å². The SMILES string of the molecule is COc1cc(NC(=O)Oc2ccccc2)ccc1S(=O)(=O)N1C(=O)C(CC2CCCCC2)(N(C)C(=O)Oc2ccccc2)c2cc(Cl)ccc21. The maximum absolute atomic E-state index is 15.0. The van der Waals surface area contributed by atoms with Crippen LogP contribution in [0, 0.1) is 5.92 Å². The molecule has 1 aliphatic carbocycles. The van der Waals surface area contributed by atoms with Crippen molar-refractivity contribution >= 4 is 51.1 Å². The minimum atomic E-state index is -4.69. The molecule has 6 rings (SSSR count). The van der Waals surface area contributed by atoms with Gasteiger partial charge in [-0.15, -0.1) is 0 Å². The Hall–Kier alpha value is -5.07. The maximum Gasteiger partial charge on any atom is 0.417 e. The van der Waals surface area contributed by atoms with E-state index in [1.807, 2.05) is 0 Å². The van der Waals surface area contributed by atoms with E-state index in [4.69, 9.17) is 25.8 Å². The van der Waals surface area contributed by atoms with Crippen LogP contribution in [-0.2, 0) is 20.4 Å². The van der Waals surface area contributed by atoms with Gasteiger partial charge in [0, 0.05) is 29.4 Å². The van der Waals surface area contributed by atoms with Crippen molar-refractivity contribution in [3.8, 4) is 17.2 Å². The van der Waals surface area contributed by atoms with Gasteiger partial charge in [0.05, 0.1) is 12.8 Å². The molecular weight excluding hydrogens is 682 g/mol. The summed E-state index contributed by atoms with van der Waals surface area (Å²) in [7, 11) is -1.96. The number of carbonyl (C=O) groups excluding carboxylic acids is 3. The van der Waals surface area contributed by atoms with Crippen LogP contribution >= 0.6 is 11.6 Å². The highest BCUT2D eigenvalue weighted by Gasteiger charge is 2.60. The molecule has 50 heavy (non-hydrogen) atoms. The van der Waals surface area contributed by atoms with Crippen LogP contribution in [0.1, 0.15) is 44.1 Å². The van der Waals surface area contributed by atoms with Gasteiger partial charge in [-0.25, -0.2) is 18.0 Å². The van der Waals surface area contributed by atoms with Crippen molar-refractivity contribution in [3.05, 3.63) is 108 Å². The summed E-state index contributed by atoms with van der Waals surface area (Å²) < 4.78 is 46.5. The molecule has 3 amide bonds. The minimum absolute atomic E-state index is 0.0182. The van der Waals surface area contributed by atoms with Crippen LogP contribution in [0.2, 0.25) is 5.02 Å². The average molecular weight is 718 g/mol. The van der Waals surface area contributed by atoms with Gasteiger partial charge in [0.2, 0.25) is 0 Å². The van der Waals surface area contributed by atoms with Crippen molar-refractivity contribution in [2.24, 2.45) is 5.92 Å². The molecular formula is C37H36ClN3O8S. The van der Waals surface area contributed by atoms with Crippen molar-refractivity contribution in [2.45, 2.75) is 49.0 Å². The molecule has 1 saturated carbocycles. The summed E-state index contributed by atoms with van der Waals surface area (Å²) >= 11 is 6.51. The molecule has 260 valence electrons. The molecule has 0 aromatic heterocycles. The van der Waals surface area contributed by atoms with Gasteiger partial charge in [0.1, 0.15) is 22.1 Å². The molecule has 4 aromatic carbocycles. The topological polar surface area (TPSA) is 132 Å². The third kappa shape index (κ3) is 6.73. The molecule has 13 heteroatoms. The van der Waals surface area contributed by atoms with E-state index in [-0.39, 0.29) is 50.7 Å². The fourth-order valence-electron chi connectivity index (χ4n) is 6.72. The van der Waals surface area contributed by atoms with Gasteiger partial charge in [0.15, 0.2) is 5.54 Å². The minimum Gasteiger partial charge on any atom is -0.495 e. The van der Waals surface area contributed by atoms with Crippen LogP contribution in [0.5, 0.6) is 17.2 Å². The normalized spacial score (nSPS) is 17.5. The first-order chi connectivity index (χ1) is 24.0. The molecule has 1 fully saturated rings. The first-order valence-corrected chi connectivity index (χ1v) is 18.0. The van der Waals surface area contributed by atoms with E-state index in [2.05, 4.69) is 5.32 Å².